The van der Waals surface area contributed by atoms with E-state index in [0.29, 0.717) is 11.8 Å². The summed E-state index contributed by atoms with van der Waals surface area (Å²) in [5, 5.41) is 3.24. The Balaban J connectivity index is 2.01. The fourth-order valence-corrected chi connectivity index (χ4v) is 1.95. The van der Waals surface area contributed by atoms with Crippen LogP contribution in [-0.4, -0.2) is 22.1 Å². The zero-order chi connectivity index (χ0) is 10.7. The molecule has 0 amide bonds. The van der Waals surface area contributed by atoms with E-state index in [4.69, 9.17) is 11.5 Å². The van der Waals surface area contributed by atoms with Crippen molar-refractivity contribution in [3.8, 4) is 0 Å². The lowest BCUT2D eigenvalue weighted by atomic mass is 9.91. The molecule has 0 aliphatic heterocycles. The average molecular weight is 207 g/mol. The summed E-state index contributed by atoms with van der Waals surface area (Å²) < 4.78 is 0. The number of nitrogens with zero attached hydrogens (tertiary/aromatic N) is 2. The molecule has 0 radical (unpaired) electrons. The average Bonchev–Trinajstić information content (AvgIpc) is 2.22. The van der Waals surface area contributed by atoms with Crippen molar-refractivity contribution in [3.63, 3.8) is 0 Å². The Hall–Kier alpha value is -1.36. The van der Waals surface area contributed by atoms with Gasteiger partial charge in [0.25, 0.3) is 0 Å². The Morgan fingerprint density at radius 3 is 2.87 bits per heavy atom. The summed E-state index contributed by atoms with van der Waals surface area (Å²) in [6.07, 6.45) is 6.24. The van der Waals surface area contributed by atoms with Gasteiger partial charge < -0.3 is 16.8 Å². The van der Waals surface area contributed by atoms with Crippen LogP contribution in [0.15, 0.2) is 12.3 Å². The molecule has 1 aliphatic carbocycles. The second-order valence-corrected chi connectivity index (χ2v) is 4.00. The van der Waals surface area contributed by atoms with Gasteiger partial charge in [-0.25, -0.2) is 4.98 Å². The molecule has 5 nitrogen and oxygen atoms in total. The molecule has 0 bridgehead atoms. The normalized spacial score (nSPS) is 26.2. The Kier molecular flexibility index (Phi) is 3.01. The van der Waals surface area contributed by atoms with Crippen LogP contribution >= 0.6 is 0 Å². The van der Waals surface area contributed by atoms with Crippen LogP contribution in [0.3, 0.4) is 0 Å². The Morgan fingerprint density at radius 2 is 2.13 bits per heavy atom. The number of hydrogen-bond donors (Lipinski definition) is 3. The van der Waals surface area contributed by atoms with Crippen LogP contribution in [-0.2, 0) is 0 Å². The molecule has 1 aromatic rings. The highest BCUT2D eigenvalue weighted by molar-refractivity contribution is 5.36. The first-order valence-corrected chi connectivity index (χ1v) is 5.36. The van der Waals surface area contributed by atoms with Crippen LogP contribution < -0.4 is 16.8 Å². The molecule has 2 rings (SSSR count). The van der Waals surface area contributed by atoms with Crippen molar-refractivity contribution in [2.45, 2.75) is 37.8 Å². The first-order valence-electron chi connectivity index (χ1n) is 5.36. The van der Waals surface area contributed by atoms with Gasteiger partial charge in [-0.15, -0.1) is 0 Å². The van der Waals surface area contributed by atoms with E-state index in [2.05, 4.69) is 15.3 Å². The SMILES string of the molecule is Nc1ccnc(NC2CCCCC2N)n1. The van der Waals surface area contributed by atoms with Gasteiger partial charge in [-0.05, 0) is 18.9 Å². The van der Waals surface area contributed by atoms with Gasteiger partial charge in [0.1, 0.15) is 5.82 Å². The fourth-order valence-electron chi connectivity index (χ4n) is 1.95. The number of nitrogens with one attached hydrogen (secondary N) is 1. The fraction of sp³-hybridized carbons (Fsp3) is 0.600. The summed E-state index contributed by atoms with van der Waals surface area (Å²) in [5.74, 6) is 1.06. The largest absolute Gasteiger partial charge is 0.384 e. The van der Waals surface area contributed by atoms with Crippen molar-refractivity contribution in [2.24, 2.45) is 5.73 Å². The lowest BCUT2D eigenvalue weighted by molar-refractivity contribution is 0.402. The zero-order valence-corrected chi connectivity index (χ0v) is 8.69. The molecule has 1 aromatic heterocycles. The topological polar surface area (TPSA) is 89.8 Å². The van der Waals surface area contributed by atoms with E-state index in [9.17, 15) is 0 Å². The van der Waals surface area contributed by atoms with Crippen molar-refractivity contribution >= 4 is 11.8 Å². The van der Waals surface area contributed by atoms with Gasteiger partial charge in [-0.3, -0.25) is 0 Å². The van der Waals surface area contributed by atoms with Gasteiger partial charge in [0.05, 0.1) is 0 Å². The number of hydrogen-bond acceptors (Lipinski definition) is 5. The molecule has 0 spiro atoms. The molecular formula is C10H17N5. The monoisotopic (exact) mass is 207 g/mol. The second-order valence-electron chi connectivity index (χ2n) is 4.00. The minimum Gasteiger partial charge on any atom is -0.384 e. The number of nitrogens with two attached hydrogens (primary N) is 2. The number of aromatic nitrogens is 2. The molecule has 0 aromatic carbocycles. The summed E-state index contributed by atoms with van der Waals surface area (Å²) in [6.45, 7) is 0. The molecule has 1 fully saturated rings. The maximum Gasteiger partial charge on any atom is 0.224 e. The number of nitrogen functional groups attached to an aromatic ring is 1. The molecule has 1 aliphatic rings. The van der Waals surface area contributed by atoms with Crippen molar-refractivity contribution < 1.29 is 0 Å². The predicted octanol–water partition coefficient (Wildman–Crippen LogP) is 0.741. The summed E-state index contributed by atoms with van der Waals surface area (Å²) in [5.41, 5.74) is 11.6. The van der Waals surface area contributed by atoms with Gasteiger partial charge in [0, 0.05) is 18.3 Å². The number of rotatable bonds is 2. The minimum atomic E-state index is 0.198. The molecular weight excluding hydrogens is 190 g/mol. The van der Waals surface area contributed by atoms with E-state index in [0.717, 1.165) is 12.8 Å². The molecule has 15 heavy (non-hydrogen) atoms. The maximum absolute atomic E-state index is 6.02. The Morgan fingerprint density at radius 1 is 1.33 bits per heavy atom. The standard InChI is InChI=1S/C10H17N5/c11-7-3-1-2-4-8(7)14-10-13-6-5-9(12)15-10/h5-8H,1-4,11H2,(H3,12,13,14,15). The van der Waals surface area contributed by atoms with Crippen molar-refractivity contribution in [1.82, 2.24) is 9.97 Å². The molecule has 1 heterocycles. The van der Waals surface area contributed by atoms with E-state index < -0.39 is 0 Å². The first-order chi connectivity index (χ1) is 7.25. The van der Waals surface area contributed by atoms with Crippen LogP contribution in [0.1, 0.15) is 25.7 Å². The van der Waals surface area contributed by atoms with E-state index in [1.165, 1.54) is 12.8 Å². The summed E-state index contributed by atoms with van der Waals surface area (Å²) in [4.78, 5) is 8.21. The van der Waals surface area contributed by atoms with E-state index in [1.54, 1.807) is 12.3 Å². The highest BCUT2D eigenvalue weighted by Crippen LogP contribution is 2.19. The molecule has 2 unspecified atom stereocenters. The summed E-state index contributed by atoms with van der Waals surface area (Å²) in [6, 6.07) is 2.15. The molecule has 5 heteroatoms. The van der Waals surface area contributed by atoms with Gasteiger partial charge in [0.15, 0.2) is 0 Å². The van der Waals surface area contributed by atoms with Crippen molar-refractivity contribution in [2.75, 3.05) is 11.1 Å². The zero-order valence-electron chi connectivity index (χ0n) is 8.69. The van der Waals surface area contributed by atoms with Gasteiger partial charge in [0.2, 0.25) is 5.95 Å². The second kappa shape index (κ2) is 4.44. The third-order valence-corrected chi connectivity index (χ3v) is 2.81. The molecule has 1 saturated carbocycles. The van der Waals surface area contributed by atoms with E-state index >= 15 is 0 Å². The first kappa shape index (κ1) is 10.2. The van der Waals surface area contributed by atoms with Crippen LogP contribution in [0.5, 0.6) is 0 Å². The quantitative estimate of drug-likeness (QED) is 0.665. The lowest BCUT2D eigenvalue weighted by Crippen LogP contribution is -2.42. The third-order valence-electron chi connectivity index (χ3n) is 2.81. The Labute approximate surface area is 89.3 Å². The van der Waals surface area contributed by atoms with Gasteiger partial charge in [-0.2, -0.15) is 4.98 Å². The van der Waals surface area contributed by atoms with E-state index in [1.807, 2.05) is 0 Å². The highest BCUT2D eigenvalue weighted by Gasteiger charge is 2.21. The van der Waals surface area contributed by atoms with Gasteiger partial charge >= 0.3 is 0 Å². The molecule has 2 atom stereocenters. The molecule has 5 N–H and O–H groups in total. The summed E-state index contributed by atoms with van der Waals surface area (Å²) in [7, 11) is 0. The predicted molar refractivity (Wildman–Crippen MR) is 60.3 cm³/mol. The maximum atomic E-state index is 6.02. The van der Waals surface area contributed by atoms with Crippen LogP contribution in [0, 0.1) is 0 Å². The van der Waals surface area contributed by atoms with Crippen molar-refractivity contribution in [1.29, 1.82) is 0 Å². The summed E-state index contributed by atoms with van der Waals surface area (Å²) >= 11 is 0. The molecule has 0 saturated heterocycles. The number of anilines is 2. The van der Waals surface area contributed by atoms with E-state index in [-0.39, 0.29) is 12.1 Å². The van der Waals surface area contributed by atoms with Crippen LogP contribution in [0.25, 0.3) is 0 Å². The van der Waals surface area contributed by atoms with Crippen LogP contribution in [0.2, 0.25) is 0 Å². The van der Waals surface area contributed by atoms with Gasteiger partial charge in [-0.1, -0.05) is 12.8 Å². The smallest absolute Gasteiger partial charge is 0.224 e. The third kappa shape index (κ3) is 2.56. The lowest BCUT2D eigenvalue weighted by Gasteiger charge is -2.29. The minimum absolute atomic E-state index is 0.198. The highest BCUT2D eigenvalue weighted by atomic mass is 15.1. The molecule has 82 valence electrons. The Bertz CT molecular complexity index is 327. The van der Waals surface area contributed by atoms with Crippen molar-refractivity contribution in [3.05, 3.63) is 12.3 Å². The van der Waals surface area contributed by atoms with Crippen LogP contribution in [0.4, 0.5) is 11.8 Å².